The highest BCUT2D eigenvalue weighted by molar-refractivity contribution is 5.50. The predicted molar refractivity (Wildman–Crippen MR) is 98.9 cm³/mol. The summed E-state index contributed by atoms with van der Waals surface area (Å²) in [6.45, 7) is 1.57. The zero-order valence-corrected chi connectivity index (χ0v) is 14.0. The van der Waals surface area contributed by atoms with Gasteiger partial charge in [0, 0.05) is 5.10 Å². The van der Waals surface area contributed by atoms with Crippen LogP contribution in [0.25, 0.3) is 11.4 Å². The second-order valence-electron chi connectivity index (χ2n) is 6.10. The van der Waals surface area contributed by atoms with E-state index in [4.69, 9.17) is 5.10 Å². The number of aromatic nitrogens is 3. The molecule has 0 radical (unpaired) electrons. The first-order valence-electron chi connectivity index (χ1n) is 8.49. The Hall–Kier alpha value is -3.20. The van der Waals surface area contributed by atoms with Crippen LogP contribution in [0.3, 0.4) is 0 Å². The summed E-state index contributed by atoms with van der Waals surface area (Å²) in [5.41, 5.74) is 3.64. The summed E-state index contributed by atoms with van der Waals surface area (Å²) < 4.78 is 4.23. The number of rotatable bonds is 5. The Kier molecular flexibility index (Phi) is 4.38. The molecule has 3 nitrogen and oxygen atoms in total. The maximum absolute atomic E-state index is 4.85. The van der Waals surface area contributed by atoms with Crippen molar-refractivity contribution in [1.82, 2.24) is 9.78 Å². The third-order valence-electron chi connectivity index (χ3n) is 4.18. The third-order valence-corrected chi connectivity index (χ3v) is 4.18. The van der Waals surface area contributed by atoms with Crippen LogP contribution in [0.5, 0.6) is 0 Å². The molecule has 1 heterocycles. The second-order valence-corrected chi connectivity index (χ2v) is 6.10. The molecule has 0 aliphatic rings. The summed E-state index contributed by atoms with van der Waals surface area (Å²) in [5, 5.41) is 4.85. The molecule has 0 fully saturated rings. The summed E-state index contributed by atoms with van der Waals surface area (Å²) >= 11 is 0. The van der Waals surface area contributed by atoms with Gasteiger partial charge in [0.1, 0.15) is 6.54 Å². The average Bonchev–Trinajstić information content (AvgIpc) is 3.06. The van der Waals surface area contributed by atoms with Crippen molar-refractivity contribution < 1.29 is 4.57 Å². The lowest BCUT2D eigenvalue weighted by atomic mass is 10.2. The van der Waals surface area contributed by atoms with Crippen LogP contribution >= 0.6 is 0 Å². The molecule has 0 bridgehead atoms. The van der Waals surface area contributed by atoms with Crippen molar-refractivity contribution in [1.29, 1.82) is 0 Å². The van der Waals surface area contributed by atoms with Crippen LogP contribution in [0, 0.1) is 0 Å². The SMILES string of the molecule is c1ccc(Cn2c[n+](Cc3ccccc3)c(-c3ccccc3)n2)cc1. The first-order chi connectivity index (χ1) is 12.4. The van der Waals surface area contributed by atoms with E-state index in [9.17, 15) is 0 Å². The van der Waals surface area contributed by atoms with Gasteiger partial charge in [-0.2, -0.15) is 0 Å². The van der Waals surface area contributed by atoms with E-state index in [2.05, 4.69) is 83.7 Å². The van der Waals surface area contributed by atoms with Gasteiger partial charge in [0.15, 0.2) is 0 Å². The molecular formula is C22H20N3+. The van der Waals surface area contributed by atoms with Crippen molar-refractivity contribution in [2.24, 2.45) is 0 Å². The van der Waals surface area contributed by atoms with Gasteiger partial charge in [-0.25, -0.2) is 4.57 Å². The van der Waals surface area contributed by atoms with Gasteiger partial charge in [-0.05, 0) is 23.3 Å². The Balaban J connectivity index is 1.70. The highest BCUT2D eigenvalue weighted by Gasteiger charge is 2.19. The lowest BCUT2D eigenvalue weighted by molar-refractivity contribution is -0.678. The molecule has 0 N–H and O–H groups in total. The van der Waals surface area contributed by atoms with Crippen molar-refractivity contribution in [3.05, 3.63) is 108 Å². The van der Waals surface area contributed by atoms with Crippen molar-refractivity contribution >= 4 is 0 Å². The minimum atomic E-state index is 0.766. The molecular weight excluding hydrogens is 306 g/mol. The minimum absolute atomic E-state index is 0.766. The molecule has 0 saturated carbocycles. The van der Waals surface area contributed by atoms with Gasteiger partial charge in [0.25, 0.3) is 0 Å². The highest BCUT2D eigenvalue weighted by atomic mass is 15.4. The van der Waals surface area contributed by atoms with Gasteiger partial charge in [-0.3, -0.25) is 0 Å². The summed E-state index contributed by atoms with van der Waals surface area (Å²) in [6.07, 6.45) is 2.10. The van der Waals surface area contributed by atoms with E-state index in [0.29, 0.717) is 0 Å². The van der Waals surface area contributed by atoms with Crippen LogP contribution in [0.15, 0.2) is 97.3 Å². The molecule has 0 saturated heterocycles. The fraction of sp³-hybridized carbons (Fsp3) is 0.0909. The predicted octanol–water partition coefficient (Wildman–Crippen LogP) is 3.93. The molecule has 4 rings (SSSR count). The Labute approximate surface area is 147 Å². The lowest BCUT2D eigenvalue weighted by Crippen LogP contribution is -2.34. The smallest absolute Gasteiger partial charge is 0.226 e. The van der Waals surface area contributed by atoms with Gasteiger partial charge in [0.2, 0.25) is 6.33 Å². The topological polar surface area (TPSA) is 21.7 Å². The number of hydrogen-bond acceptors (Lipinski definition) is 1. The summed E-state index contributed by atoms with van der Waals surface area (Å²) in [4.78, 5) is 0. The Morgan fingerprint density at radius 3 is 1.88 bits per heavy atom. The number of nitrogens with zero attached hydrogens (tertiary/aromatic N) is 3. The summed E-state index contributed by atoms with van der Waals surface area (Å²) in [5.74, 6) is 0.986. The van der Waals surface area contributed by atoms with Crippen LogP contribution in [0.4, 0.5) is 0 Å². The molecule has 0 unspecified atom stereocenters. The summed E-state index contributed by atoms with van der Waals surface area (Å²) in [6, 6.07) is 31.3. The largest absolute Gasteiger partial charge is 0.309 e. The fourth-order valence-corrected chi connectivity index (χ4v) is 2.97. The molecule has 0 aliphatic carbocycles. The highest BCUT2D eigenvalue weighted by Crippen LogP contribution is 2.13. The van der Waals surface area contributed by atoms with Gasteiger partial charge in [0.05, 0.1) is 12.1 Å². The standard InChI is InChI=1S/C22H20N3/c1-4-10-19(11-5-1)16-24-18-25(17-20-12-6-2-7-13-20)23-22(24)21-14-8-3-9-15-21/h1-15,18H,16-17H2/q+1. The zero-order valence-electron chi connectivity index (χ0n) is 14.0. The monoisotopic (exact) mass is 326 g/mol. The van der Waals surface area contributed by atoms with Crippen molar-refractivity contribution in [2.45, 2.75) is 13.1 Å². The third kappa shape index (κ3) is 3.66. The normalized spacial score (nSPS) is 10.7. The number of hydrogen-bond donors (Lipinski definition) is 0. The van der Waals surface area contributed by atoms with Crippen LogP contribution < -0.4 is 4.57 Å². The van der Waals surface area contributed by atoms with Crippen LogP contribution in [0.2, 0.25) is 0 Å². The Morgan fingerprint density at radius 2 is 1.24 bits per heavy atom. The quantitative estimate of drug-likeness (QED) is 0.509. The van der Waals surface area contributed by atoms with E-state index in [1.54, 1.807) is 0 Å². The first-order valence-corrected chi connectivity index (χ1v) is 8.49. The van der Waals surface area contributed by atoms with Crippen molar-refractivity contribution in [3.63, 3.8) is 0 Å². The maximum atomic E-state index is 4.85. The van der Waals surface area contributed by atoms with Crippen LogP contribution in [-0.2, 0) is 13.1 Å². The van der Waals surface area contributed by atoms with E-state index < -0.39 is 0 Å². The molecule has 0 amide bonds. The van der Waals surface area contributed by atoms with Gasteiger partial charge >= 0.3 is 5.82 Å². The van der Waals surface area contributed by atoms with Crippen molar-refractivity contribution in [2.75, 3.05) is 0 Å². The van der Waals surface area contributed by atoms with Gasteiger partial charge < -0.3 is 0 Å². The minimum Gasteiger partial charge on any atom is -0.226 e. The van der Waals surface area contributed by atoms with E-state index in [0.717, 1.165) is 24.5 Å². The molecule has 0 atom stereocenters. The van der Waals surface area contributed by atoms with Crippen LogP contribution in [-0.4, -0.2) is 9.78 Å². The first kappa shape index (κ1) is 15.3. The van der Waals surface area contributed by atoms with Gasteiger partial charge in [-0.1, -0.05) is 78.9 Å². The van der Waals surface area contributed by atoms with E-state index in [1.807, 2.05) is 22.9 Å². The van der Waals surface area contributed by atoms with Crippen LogP contribution in [0.1, 0.15) is 11.1 Å². The Morgan fingerprint density at radius 1 is 0.680 bits per heavy atom. The van der Waals surface area contributed by atoms with E-state index in [1.165, 1.54) is 11.1 Å². The molecule has 3 heteroatoms. The molecule has 4 aromatic rings. The molecule has 1 aromatic heterocycles. The zero-order chi connectivity index (χ0) is 16.9. The average molecular weight is 326 g/mol. The number of benzene rings is 3. The summed E-state index contributed by atoms with van der Waals surface area (Å²) in [7, 11) is 0. The molecule has 0 aliphatic heterocycles. The fourth-order valence-electron chi connectivity index (χ4n) is 2.97. The van der Waals surface area contributed by atoms with Gasteiger partial charge in [-0.15, -0.1) is 4.68 Å². The molecule has 122 valence electrons. The molecule has 3 aromatic carbocycles. The van der Waals surface area contributed by atoms with E-state index >= 15 is 0 Å². The second kappa shape index (κ2) is 7.14. The van der Waals surface area contributed by atoms with Crippen molar-refractivity contribution in [3.8, 4) is 11.4 Å². The molecule has 0 spiro atoms. The maximum Gasteiger partial charge on any atom is 0.309 e. The Bertz CT molecular complexity index is 929. The van der Waals surface area contributed by atoms with E-state index in [-0.39, 0.29) is 0 Å². The lowest BCUT2D eigenvalue weighted by Gasteiger charge is -2.00. The molecule has 25 heavy (non-hydrogen) atoms.